The quantitative estimate of drug-likeness (QED) is 0.173. The molecular formula is C32H39Cl2N3O5S2. The summed E-state index contributed by atoms with van der Waals surface area (Å²) in [4.78, 5) is 30.1. The molecule has 0 radical (unpaired) electrons. The zero-order valence-corrected chi connectivity index (χ0v) is 28.7. The molecule has 0 fully saturated rings. The molecule has 2 atom stereocenters. The number of hydrogen-bond donors (Lipinski definition) is 1. The lowest BCUT2D eigenvalue weighted by atomic mass is 10.1. The van der Waals surface area contributed by atoms with Crippen LogP contribution < -0.4 is 14.4 Å². The Morgan fingerprint density at radius 3 is 2.23 bits per heavy atom. The van der Waals surface area contributed by atoms with Gasteiger partial charge in [0.25, 0.3) is 10.0 Å². The lowest BCUT2D eigenvalue weighted by Gasteiger charge is -2.34. The number of sulfonamides is 1. The number of anilines is 1. The van der Waals surface area contributed by atoms with Gasteiger partial charge in [-0.2, -0.15) is 0 Å². The number of rotatable bonds is 15. The van der Waals surface area contributed by atoms with Gasteiger partial charge in [0.2, 0.25) is 11.8 Å². The lowest BCUT2D eigenvalue weighted by Crippen LogP contribution is -2.53. The van der Waals surface area contributed by atoms with Crippen LogP contribution in [0.2, 0.25) is 10.0 Å². The number of ether oxygens (including phenoxy) is 1. The van der Waals surface area contributed by atoms with Crippen molar-refractivity contribution in [1.82, 2.24) is 10.2 Å². The van der Waals surface area contributed by atoms with E-state index in [2.05, 4.69) is 5.32 Å². The van der Waals surface area contributed by atoms with Crippen LogP contribution in [0.4, 0.5) is 5.69 Å². The van der Waals surface area contributed by atoms with Crippen LogP contribution in [0.15, 0.2) is 76.5 Å². The van der Waals surface area contributed by atoms with Gasteiger partial charge < -0.3 is 15.0 Å². The van der Waals surface area contributed by atoms with E-state index in [0.29, 0.717) is 40.8 Å². The lowest BCUT2D eigenvalue weighted by molar-refractivity contribution is -0.140. The van der Waals surface area contributed by atoms with Gasteiger partial charge in [-0.3, -0.25) is 13.9 Å². The average Bonchev–Trinajstić information content (AvgIpc) is 3.01. The van der Waals surface area contributed by atoms with Gasteiger partial charge in [0.15, 0.2) is 0 Å². The molecule has 12 heteroatoms. The van der Waals surface area contributed by atoms with E-state index in [-0.39, 0.29) is 29.1 Å². The minimum absolute atomic E-state index is 0.00553. The maximum absolute atomic E-state index is 14.3. The topological polar surface area (TPSA) is 96.0 Å². The van der Waals surface area contributed by atoms with Gasteiger partial charge in [-0.25, -0.2) is 8.42 Å². The van der Waals surface area contributed by atoms with Gasteiger partial charge >= 0.3 is 0 Å². The second-order valence-electron chi connectivity index (χ2n) is 10.1. The monoisotopic (exact) mass is 679 g/mol. The highest BCUT2D eigenvalue weighted by Gasteiger charge is 2.35. The Morgan fingerprint density at radius 1 is 0.955 bits per heavy atom. The number of halogens is 2. The standard InChI is InChI=1S/C32H39Cl2N3O5S2/c1-6-22(4)35-32(39)28(7-2)36(20-23-13-18-26(33)27(34)19-23)31(38)21-37(29-11-9-10-12-30(29)42-8-3)44(40,41)25-16-14-24(43-5)15-17-25/h9-19,22,28H,6-8,20-21H2,1-5H3,(H,35,39)/t22-,28+/m1/s1. The molecule has 3 rings (SSSR count). The maximum Gasteiger partial charge on any atom is 0.264 e. The summed E-state index contributed by atoms with van der Waals surface area (Å²) in [7, 11) is -4.25. The van der Waals surface area contributed by atoms with E-state index in [9.17, 15) is 18.0 Å². The second kappa shape index (κ2) is 16.4. The normalized spacial score (nSPS) is 12.7. The summed E-state index contributed by atoms with van der Waals surface area (Å²) in [6.45, 7) is 7.16. The first-order valence-electron chi connectivity index (χ1n) is 14.4. The Hall–Kier alpha value is -2.92. The Morgan fingerprint density at radius 2 is 1.64 bits per heavy atom. The van der Waals surface area contributed by atoms with Crippen molar-refractivity contribution in [2.24, 2.45) is 0 Å². The molecule has 0 saturated carbocycles. The average molecular weight is 681 g/mol. The molecule has 0 saturated heterocycles. The van der Waals surface area contributed by atoms with Gasteiger partial charge in [0, 0.05) is 17.5 Å². The van der Waals surface area contributed by atoms with Crippen molar-refractivity contribution in [2.45, 2.75) is 69.0 Å². The van der Waals surface area contributed by atoms with Gasteiger partial charge in [0.1, 0.15) is 18.3 Å². The summed E-state index contributed by atoms with van der Waals surface area (Å²) in [5.74, 6) is -0.588. The number of hydrogen-bond acceptors (Lipinski definition) is 6. The van der Waals surface area contributed by atoms with Crippen LogP contribution in [0.3, 0.4) is 0 Å². The van der Waals surface area contributed by atoms with Crippen molar-refractivity contribution in [3.63, 3.8) is 0 Å². The van der Waals surface area contributed by atoms with Crippen LogP contribution in [0.5, 0.6) is 5.75 Å². The van der Waals surface area contributed by atoms with Crippen molar-refractivity contribution in [2.75, 3.05) is 23.7 Å². The first-order valence-corrected chi connectivity index (χ1v) is 17.8. The number of thioether (sulfide) groups is 1. The predicted octanol–water partition coefficient (Wildman–Crippen LogP) is 7.03. The Kier molecular flexibility index (Phi) is 13.3. The maximum atomic E-state index is 14.3. The van der Waals surface area contributed by atoms with Crippen molar-refractivity contribution >= 4 is 62.5 Å². The van der Waals surface area contributed by atoms with Crippen molar-refractivity contribution in [3.8, 4) is 5.75 Å². The molecule has 2 amide bonds. The first-order chi connectivity index (χ1) is 21.0. The zero-order valence-electron chi connectivity index (χ0n) is 25.5. The Labute approximate surface area is 275 Å². The third kappa shape index (κ3) is 8.84. The number of nitrogens with zero attached hydrogens (tertiary/aromatic N) is 2. The number of amides is 2. The molecule has 44 heavy (non-hydrogen) atoms. The highest BCUT2D eigenvalue weighted by atomic mass is 35.5. The van der Waals surface area contributed by atoms with Crippen LogP contribution in [-0.4, -0.2) is 56.6 Å². The summed E-state index contributed by atoms with van der Waals surface area (Å²) in [5, 5.41) is 3.62. The fourth-order valence-electron chi connectivity index (χ4n) is 4.52. The van der Waals surface area contributed by atoms with Gasteiger partial charge in [-0.15, -0.1) is 11.8 Å². The molecule has 8 nitrogen and oxygen atoms in total. The second-order valence-corrected chi connectivity index (χ2v) is 13.7. The molecule has 0 aliphatic heterocycles. The van der Waals surface area contributed by atoms with Crippen LogP contribution in [-0.2, 0) is 26.2 Å². The third-order valence-corrected chi connectivity index (χ3v) is 10.3. The predicted molar refractivity (Wildman–Crippen MR) is 179 cm³/mol. The number of para-hydroxylation sites is 2. The molecule has 0 unspecified atom stereocenters. The first kappa shape index (κ1) is 35.6. The van der Waals surface area contributed by atoms with Crippen LogP contribution in [0, 0.1) is 0 Å². The number of benzene rings is 3. The SMILES string of the molecule is CCOc1ccccc1N(CC(=O)N(Cc1ccc(Cl)c(Cl)c1)[C@@H](CC)C(=O)N[C@H](C)CC)S(=O)(=O)c1ccc(SC)cc1. The van der Waals surface area contributed by atoms with Crippen LogP contribution in [0.1, 0.15) is 46.1 Å². The molecule has 1 N–H and O–H groups in total. The summed E-state index contributed by atoms with van der Waals surface area (Å²) < 4.78 is 35.3. The molecule has 0 heterocycles. The van der Waals surface area contributed by atoms with Gasteiger partial charge in [0.05, 0.1) is 27.2 Å². The van der Waals surface area contributed by atoms with Crippen molar-refractivity contribution in [3.05, 3.63) is 82.3 Å². The van der Waals surface area contributed by atoms with E-state index in [4.69, 9.17) is 27.9 Å². The van der Waals surface area contributed by atoms with Gasteiger partial charge in [-0.05, 0) is 87.0 Å². The van der Waals surface area contributed by atoms with Gasteiger partial charge in [-0.1, -0.05) is 55.2 Å². The largest absolute Gasteiger partial charge is 0.492 e. The highest BCUT2D eigenvalue weighted by molar-refractivity contribution is 7.98. The van der Waals surface area contributed by atoms with E-state index in [0.717, 1.165) is 9.20 Å². The number of nitrogens with one attached hydrogen (secondary N) is 1. The molecule has 238 valence electrons. The summed E-state index contributed by atoms with van der Waals surface area (Å²) >= 11 is 13.9. The molecule has 0 aromatic heterocycles. The van der Waals surface area contributed by atoms with Crippen molar-refractivity contribution < 1.29 is 22.7 Å². The van der Waals surface area contributed by atoms with Crippen LogP contribution >= 0.6 is 35.0 Å². The van der Waals surface area contributed by atoms with Crippen LogP contribution in [0.25, 0.3) is 0 Å². The molecule has 3 aromatic rings. The number of carbonyl (C=O) groups excluding carboxylic acids is 2. The minimum Gasteiger partial charge on any atom is -0.492 e. The molecule has 0 aliphatic carbocycles. The summed E-state index contributed by atoms with van der Waals surface area (Å²) in [6, 6.07) is 17.1. The van der Waals surface area contributed by atoms with E-state index in [1.54, 1.807) is 61.5 Å². The molecule has 0 spiro atoms. The Bertz CT molecular complexity index is 1540. The van der Waals surface area contributed by atoms with E-state index < -0.39 is 28.5 Å². The van der Waals surface area contributed by atoms with E-state index >= 15 is 0 Å². The Balaban J connectivity index is 2.13. The molecule has 0 aliphatic rings. The molecule has 3 aromatic carbocycles. The summed E-state index contributed by atoms with van der Waals surface area (Å²) in [6.07, 6.45) is 2.91. The fourth-order valence-corrected chi connectivity index (χ4v) is 6.68. The third-order valence-electron chi connectivity index (χ3n) is 7.08. The van der Waals surface area contributed by atoms with E-state index in [1.807, 2.05) is 27.0 Å². The zero-order chi connectivity index (χ0) is 32.4. The summed E-state index contributed by atoms with van der Waals surface area (Å²) in [5.41, 5.74) is 0.850. The van der Waals surface area contributed by atoms with E-state index in [1.165, 1.54) is 28.8 Å². The molecular weight excluding hydrogens is 641 g/mol. The highest BCUT2D eigenvalue weighted by Crippen LogP contribution is 2.33. The van der Waals surface area contributed by atoms with Crippen molar-refractivity contribution in [1.29, 1.82) is 0 Å². The molecule has 0 bridgehead atoms. The fraction of sp³-hybridized carbons (Fsp3) is 0.375. The smallest absolute Gasteiger partial charge is 0.264 e. The minimum atomic E-state index is -4.25. The number of carbonyl (C=O) groups is 2.